The van der Waals surface area contributed by atoms with Gasteiger partial charge in [-0.2, -0.15) is 0 Å². The van der Waals surface area contributed by atoms with Gasteiger partial charge in [0.2, 0.25) is 5.88 Å². The number of hydrogen-bond acceptors (Lipinski definition) is 7. The van der Waals surface area contributed by atoms with Gasteiger partial charge in [-0.1, -0.05) is 66.7 Å². The van der Waals surface area contributed by atoms with Crippen molar-refractivity contribution >= 4 is 0 Å². The molecule has 9 heteroatoms. The van der Waals surface area contributed by atoms with Crippen LogP contribution in [0.25, 0.3) is 17.2 Å². The Morgan fingerprint density at radius 2 is 1.44 bits per heavy atom. The van der Waals surface area contributed by atoms with Crippen LogP contribution >= 0.6 is 0 Å². The molecule has 0 saturated carbocycles. The maximum absolute atomic E-state index is 12.2. The van der Waals surface area contributed by atoms with Gasteiger partial charge in [0.05, 0.1) is 32.3 Å². The highest BCUT2D eigenvalue weighted by molar-refractivity contribution is 5.61. The van der Waals surface area contributed by atoms with Crippen molar-refractivity contribution in [1.29, 1.82) is 0 Å². The Labute approximate surface area is 233 Å². The number of aromatic nitrogens is 6. The first-order valence-corrected chi connectivity index (χ1v) is 13.5. The van der Waals surface area contributed by atoms with Crippen molar-refractivity contribution < 1.29 is 13.9 Å². The quantitative estimate of drug-likeness (QED) is 0.249. The summed E-state index contributed by atoms with van der Waals surface area (Å²) in [5.74, 6) is 3.04. The summed E-state index contributed by atoms with van der Waals surface area (Å²) in [7, 11) is 3.24. The van der Waals surface area contributed by atoms with E-state index in [1.807, 2.05) is 97.2 Å². The van der Waals surface area contributed by atoms with Gasteiger partial charge in [0.15, 0.2) is 11.6 Å². The van der Waals surface area contributed by atoms with Crippen molar-refractivity contribution in [2.75, 3.05) is 14.2 Å². The third-order valence-corrected chi connectivity index (χ3v) is 4.78. The largest absolute Gasteiger partial charge is 0.495 e. The number of benzene rings is 1. The van der Waals surface area contributed by atoms with E-state index in [9.17, 15) is 4.39 Å². The summed E-state index contributed by atoms with van der Waals surface area (Å²) in [5, 5.41) is 8.51. The number of ether oxygens (including phenoxy) is 2. The Morgan fingerprint density at radius 1 is 0.821 bits per heavy atom. The number of pyridine rings is 1. The third kappa shape index (κ3) is 10.4. The van der Waals surface area contributed by atoms with Crippen molar-refractivity contribution in [3.05, 3.63) is 71.8 Å². The van der Waals surface area contributed by atoms with Gasteiger partial charge in [0.25, 0.3) is 0 Å². The minimum absolute atomic E-state index is 0.375. The topological polar surface area (TPSA) is 87.8 Å². The molecule has 0 unspecified atom stereocenters. The van der Waals surface area contributed by atoms with Crippen LogP contribution in [0.4, 0.5) is 4.39 Å². The molecular weight excluding hydrogens is 495 g/mol. The lowest BCUT2D eigenvalue weighted by molar-refractivity contribution is 0.398. The van der Waals surface area contributed by atoms with Crippen molar-refractivity contribution in [3.8, 4) is 28.8 Å². The van der Waals surface area contributed by atoms with E-state index in [2.05, 4.69) is 25.1 Å². The highest BCUT2D eigenvalue weighted by atomic mass is 19.1. The molecule has 3 heterocycles. The highest BCUT2D eigenvalue weighted by Crippen LogP contribution is 2.31. The highest BCUT2D eigenvalue weighted by Gasteiger charge is 2.19. The van der Waals surface area contributed by atoms with E-state index in [1.165, 1.54) is 12.4 Å². The van der Waals surface area contributed by atoms with Crippen LogP contribution in [0.1, 0.15) is 72.1 Å². The summed E-state index contributed by atoms with van der Waals surface area (Å²) in [4.78, 5) is 12.0. The molecule has 0 aliphatic carbocycles. The molecule has 0 radical (unpaired) electrons. The zero-order valence-corrected chi connectivity index (χ0v) is 25.4. The van der Waals surface area contributed by atoms with E-state index in [-0.39, 0.29) is 5.82 Å². The van der Waals surface area contributed by atoms with Crippen LogP contribution in [0.15, 0.2) is 48.8 Å². The van der Waals surface area contributed by atoms with Gasteiger partial charge in [0, 0.05) is 12.5 Å². The molecule has 214 valence electrons. The lowest BCUT2D eigenvalue weighted by atomic mass is 10.1. The molecule has 8 nitrogen and oxygen atoms in total. The molecule has 0 amide bonds. The van der Waals surface area contributed by atoms with Gasteiger partial charge in [-0.3, -0.25) is 4.57 Å². The Hall–Kier alpha value is -3.88. The van der Waals surface area contributed by atoms with Gasteiger partial charge in [0.1, 0.15) is 23.1 Å². The van der Waals surface area contributed by atoms with E-state index in [1.54, 1.807) is 20.3 Å². The minimum atomic E-state index is -0.375. The second kappa shape index (κ2) is 20.1. The summed E-state index contributed by atoms with van der Waals surface area (Å²) in [6, 6.07) is 11.5. The molecular formula is C30H45FN6O2. The van der Waals surface area contributed by atoms with E-state index in [4.69, 9.17) is 9.47 Å². The first kappa shape index (κ1) is 35.1. The minimum Gasteiger partial charge on any atom is -0.495 e. The Balaban J connectivity index is 0.000000756. The molecule has 0 spiro atoms. The molecule has 0 fully saturated rings. The fraction of sp³-hybridized carbons (Fsp3) is 0.433. The SMILES string of the molecule is CC.CC.CC.CCCc1ncc(F)cn1.COc1cccc(-c2nnc(C)n2-c2c(C)cccc2OC)n1. The number of methoxy groups -OCH3 is 2. The van der Waals surface area contributed by atoms with Crippen LogP contribution in [-0.2, 0) is 6.42 Å². The summed E-state index contributed by atoms with van der Waals surface area (Å²) >= 11 is 0. The molecule has 0 saturated heterocycles. The maximum Gasteiger partial charge on any atom is 0.213 e. The van der Waals surface area contributed by atoms with Gasteiger partial charge in [-0.25, -0.2) is 19.3 Å². The molecule has 1 aromatic carbocycles. The Bertz CT molecular complexity index is 1200. The standard InChI is InChI=1S/C17H18N4O2.C7H9FN2.3C2H6/c1-11-7-5-9-14(22-3)16(11)21-12(2)19-20-17(21)13-8-6-10-15(18-13)23-4;1-2-3-7-9-4-6(8)5-10-7;3*1-2/h5-10H,1-4H3;4-5H,2-3H2,1H3;3*1-2H3. The van der Waals surface area contributed by atoms with Crippen LogP contribution in [0.3, 0.4) is 0 Å². The summed E-state index contributed by atoms with van der Waals surface area (Å²) in [6.07, 6.45) is 4.20. The Kier molecular flexibility index (Phi) is 18.1. The second-order valence-corrected chi connectivity index (χ2v) is 7.16. The molecule has 0 bridgehead atoms. The zero-order chi connectivity index (χ0) is 29.8. The van der Waals surface area contributed by atoms with Gasteiger partial charge in [-0.15, -0.1) is 10.2 Å². The van der Waals surface area contributed by atoms with E-state index < -0.39 is 0 Å². The summed E-state index contributed by atoms with van der Waals surface area (Å²) in [5.41, 5.74) is 2.67. The average Bonchev–Trinajstić information content (AvgIpc) is 3.38. The monoisotopic (exact) mass is 540 g/mol. The summed E-state index contributed by atoms with van der Waals surface area (Å²) < 4.78 is 24.9. The molecule has 0 aliphatic heterocycles. The predicted molar refractivity (Wildman–Crippen MR) is 157 cm³/mol. The van der Waals surface area contributed by atoms with Crippen molar-refractivity contribution in [3.63, 3.8) is 0 Å². The number of halogens is 1. The lowest BCUT2D eigenvalue weighted by Crippen LogP contribution is -2.05. The number of hydrogen-bond donors (Lipinski definition) is 0. The lowest BCUT2D eigenvalue weighted by Gasteiger charge is -2.15. The van der Waals surface area contributed by atoms with Gasteiger partial charge in [-0.05, 0) is 38.0 Å². The fourth-order valence-electron chi connectivity index (χ4n) is 3.22. The predicted octanol–water partition coefficient (Wildman–Crippen LogP) is 7.61. The van der Waals surface area contributed by atoms with Crippen LogP contribution in [0.2, 0.25) is 0 Å². The molecule has 4 aromatic rings. The number of nitrogens with zero attached hydrogens (tertiary/aromatic N) is 6. The smallest absolute Gasteiger partial charge is 0.213 e. The molecule has 0 N–H and O–H groups in total. The van der Waals surface area contributed by atoms with Crippen molar-refractivity contribution in [2.45, 2.75) is 75.2 Å². The van der Waals surface area contributed by atoms with E-state index >= 15 is 0 Å². The van der Waals surface area contributed by atoms with E-state index in [0.29, 0.717) is 23.2 Å². The first-order chi connectivity index (χ1) is 19.0. The first-order valence-electron chi connectivity index (χ1n) is 13.5. The van der Waals surface area contributed by atoms with Gasteiger partial charge < -0.3 is 9.47 Å². The molecule has 39 heavy (non-hydrogen) atoms. The summed E-state index contributed by atoms with van der Waals surface area (Å²) in [6.45, 7) is 18.0. The second-order valence-electron chi connectivity index (χ2n) is 7.16. The Morgan fingerprint density at radius 3 is 2.00 bits per heavy atom. The molecule has 0 atom stereocenters. The average molecular weight is 541 g/mol. The molecule has 3 aromatic heterocycles. The van der Waals surface area contributed by atoms with Crippen molar-refractivity contribution in [2.24, 2.45) is 0 Å². The maximum atomic E-state index is 12.2. The van der Waals surface area contributed by atoms with Crippen LogP contribution in [0.5, 0.6) is 11.6 Å². The van der Waals surface area contributed by atoms with Crippen molar-refractivity contribution in [1.82, 2.24) is 29.7 Å². The van der Waals surface area contributed by atoms with Gasteiger partial charge >= 0.3 is 0 Å². The number of para-hydroxylation sites is 1. The number of aryl methyl sites for hydroxylation is 3. The van der Waals surface area contributed by atoms with Crippen LogP contribution in [-0.4, -0.2) is 43.9 Å². The third-order valence-electron chi connectivity index (χ3n) is 4.78. The normalized spacial score (nSPS) is 9.23. The number of rotatable bonds is 6. The van der Waals surface area contributed by atoms with Crippen LogP contribution < -0.4 is 9.47 Å². The zero-order valence-electron chi connectivity index (χ0n) is 25.4. The van der Waals surface area contributed by atoms with E-state index in [0.717, 1.165) is 35.7 Å². The molecule has 0 aliphatic rings. The molecule has 4 rings (SSSR count). The fourth-order valence-corrected chi connectivity index (χ4v) is 3.22. The van der Waals surface area contributed by atoms with Crippen LogP contribution in [0, 0.1) is 19.7 Å².